The van der Waals surface area contributed by atoms with Gasteiger partial charge in [0.2, 0.25) is 0 Å². The lowest BCUT2D eigenvalue weighted by Gasteiger charge is -2.19. The van der Waals surface area contributed by atoms with Crippen molar-refractivity contribution in [2.45, 2.75) is 6.18 Å². The summed E-state index contributed by atoms with van der Waals surface area (Å²) in [4.78, 5) is 0. The standard InChI is InChI=1S/C43H17F3N8/c44-43(45,46)31-10-28(22-51)9-29(15-31)30-16-41(53-37-11-24(18-47)1-5-32(37)33-6-2-25(19-48)12-38(33)53)36(23-52)42(17-30)54-39-13-26(20-49)3-7-34(39)35-8-4-27(21-50)14-40(35)54/h1-17H. The van der Waals surface area contributed by atoms with Gasteiger partial charge >= 0.3 is 6.18 Å². The topological polar surface area (TPSA) is 153 Å². The highest BCUT2D eigenvalue weighted by atomic mass is 19.4. The smallest absolute Gasteiger partial charge is 0.308 e. The number of aromatic nitrogens is 2. The molecular weight excluding hydrogens is 686 g/mol. The van der Waals surface area contributed by atoms with Crippen LogP contribution in [0.4, 0.5) is 13.2 Å². The molecule has 0 amide bonds. The van der Waals surface area contributed by atoms with Crippen molar-refractivity contribution < 1.29 is 13.2 Å². The van der Waals surface area contributed by atoms with Gasteiger partial charge in [0.25, 0.3) is 0 Å². The average molecular weight is 703 g/mol. The minimum absolute atomic E-state index is 0.0285. The first-order valence-corrected chi connectivity index (χ1v) is 16.1. The van der Waals surface area contributed by atoms with Crippen molar-refractivity contribution in [3.63, 3.8) is 0 Å². The Kier molecular flexibility index (Phi) is 7.39. The molecule has 8 aromatic rings. The van der Waals surface area contributed by atoms with Gasteiger partial charge in [0.15, 0.2) is 0 Å². The number of fused-ring (bicyclic) bond motifs is 6. The molecule has 8 nitrogen and oxygen atoms in total. The molecule has 0 N–H and O–H groups in total. The fraction of sp³-hybridized carbons (Fsp3) is 0.0233. The van der Waals surface area contributed by atoms with Gasteiger partial charge in [0.1, 0.15) is 11.6 Å². The molecule has 0 fully saturated rings. The second kappa shape index (κ2) is 12.2. The SMILES string of the molecule is N#Cc1cc(-c2cc(-n3c4cc(C#N)ccc4c4ccc(C#N)cc43)c(C#N)c(-n3c4cc(C#N)ccc4c4ccc(C#N)cc43)c2)cc(C(F)(F)F)c1. The van der Waals surface area contributed by atoms with Gasteiger partial charge in [-0.15, -0.1) is 0 Å². The summed E-state index contributed by atoms with van der Waals surface area (Å²) in [5, 5.41) is 63.2. The molecular formula is C43H17F3N8. The van der Waals surface area contributed by atoms with E-state index in [1.165, 1.54) is 6.07 Å². The summed E-state index contributed by atoms with van der Waals surface area (Å²) < 4.78 is 46.1. The quantitative estimate of drug-likeness (QED) is 0.179. The van der Waals surface area contributed by atoms with E-state index in [0.29, 0.717) is 65.9 Å². The van der Waals surface area contributed by atoms with Crippen LogP contribution in [0.2, 0.25) is 0 Å². The number of rotatable bonds is 3. The van der Waals surface area contributed by atoms with Crippen molar-refractivity contribution >= 4 is 43.6 Å². The van der Waals surface area contributed by atoms with E-state index in [2.05, 4.69) is 30.3 Å². The van der Waals surface area contributed by atoms with E-state index < -0.39 is 11.7 Å². The van der Waals surface area contributed by atoms with Crippen LogP contribution in [0, 0.1) is 68.0 Å². The lowest BCUT2D eigenvalue weighted by molar-refractivity contribution is -0.137. The zero-order chi connectivity index (χ0) is 37.9. The first-order valence-electron chi connectivity index (χ1n) is 16.1. The molecule has 0 saturated carbocycles. The second-order valence-corrected chi connectivity index (χ2v) is 12.5. The Hall–Kier alpha value is -8.35. The maximum Gasteiger partial charge on any atom is 0.416 e. The normalized spacial score (nSPS) is 11.1. The van der Waals surface area contributed by atoms with Crippen LogP contribution in [-0.4, -0.2) is 9.13 Å². The van der Waals surface area contributed by atoms with Gasteiger partial charge in [0, 0.05) is 21.5 Å². The molecule has 0 aliphatic heterocycles. The van der Waals surface area contributed by atoms with Gasteiger partial charge in [-0.25, -0.2) is 0 Å². The van der Waals surface area contributed by atoms with Crippen molar-refractivity contribution in [1.82, 2.24) is 9.13 Å². The van der Waals surface area contributed by atoms with Crippen molar-refractivity contribution in [1.29, 1.82) is 31.6 Å². The number of hydrogen-bond acceptors (Lipinski definition) is 6. The Balaban J connectivity index is 1.62. The molecule has 0 aliphatic rings. The van der Waals surface area contributed by atoms with Gasteiger partial charge in [-0.1, -0.05) is 24.3 Å². The second-order valence-electron chi connectivity index (χ2n) is 12.5. The Morgan fingerprint density at radius 2 is 0.741 bits per heavy atom. The van der Waals surface area contributed by atoms with Crippen LogP contribution < -0.4 is 0 Å². The van der Waals surface area contributed by atoms with Crippen LogP contribution in [0.3, 0.4) is 0 Å². The molecule has 0 saturated heterocycles. The van der Waals surface area contributed by atoms with E-state index in [1.54, 1.807) is 94.1 Å². The fourth-order valence-electron chi connectivity index (χ4n) is 7.10. The van der Waals surface area contributed by atoms with E-state index >= 15 is 0 Å². The molecule has 0 unspecified atom stereocenters. The Bertz CT molecular complexity index is 2920. The van der Waals surface area contributed by atoms with Crippen LogP contribution in [0.1, 0.15) is 38.9 Å². The summed E-state index contributed by atoms with van der Waals surface area (Å²) in [6, 6.07) is 38.9. The predicted molar refractivity (Wildman–Crippen MR) is 194 cm³/mol. The molecule has 0 radical (unpaired) electrons. The van der Waals surface area contributed by atoms with Crippen molar-refractivity contribution in [3.8, 4) is 58.9 Å². The minimum Gasteiger partial charge on any atom is -0.308 e. The van der Waals surface area contributed by atoms with E-state index in [9.17, 15) is 44.7 Å². The first kappa shape index (κ1) is 32.8. The largest absolute Gasteiger partial charge is 0.416 e. The monoisotopic (exact) mass is 702 g/mol. The third kappa shape index (κ3) is 5.03. The molecule has 0 bridgehead atoms. The van der Waals surface area contributed by atoms with Gasteiger partial charge in [0.05, 0.1) is 97.2 Å². The van der Waals surface area contributed by atoms with E-state index in [1.807, 2.05) is 6.07 Å². The van der Waals surface area contributed by atoms with Crippen molar-refractivity contribution in [2.24, 2.45) is 0 Å². The van der Waals surface area contributed by atoms with E-state index in [-0.39, 0.29) is 33.6 Å². The zero-order valence-electron chi connectivity index (χ0n) is 27.5. The maximum absolute atomic E-state index is 14.2. The molecule has 2 heterocycles. The van der Waals surface area contributed by atoms with Gasteiger partial charge in [-0.3, -0.25) is 0 Å². The number of benzene rings is 6. The molecule has 8 rings (SSSR count). The number of alkyl halides is 3. The summed E-state index contributed by atoms with van der Waals surface area (Å²) in [6.45, 7) is 0. The van der Waals surface area contributed by atoms with E-state index in [4.69, 9.17) is 0 Å². The van der Waals surface area contributed by atoms with Crippen molar-refractivity contribution in [2.75, 3.05) is 0 Å². The highest BCUT2D eigenvalue weighted by Crippen LogP contribution is 2.42. The lowest BCUT2D eigenvalue weighted by Crippen LogP contribution is -2.07. The molecule has 6 aromatic carbocycles. The fourth-order valence-corrected chi connectivity index (χ4v) is 7.10. The summed E-state index contributed by atoms with van der Waals surface area (Å²) in [5.74, 6) is 0. The number of halogens is 3. The molecule has 2 aromatic heterocycles. The third-order valence-electron chi connectivity index (χ3n) is 9.46. The highest BCUT2D eigenvalue weighted by molar-refractivity contribution is 6.12. The Morgan fingerprint density at radius 3 is 1.06 bits per heavy atom. The Labute approximate surface area is 304 Å². The van der Waals surface area contributed by atoms with Gasteiger partial charge in [-0.2, -0.15) is 44.7 Å². The predicted octanol–water partition coefficient (Wildman–Crippen LogP) is 9.80. The molecule has 0 atom stereocenters. The van der Waals surface area contributed by atoms with Crippen LogP contribution >= 0.6 is 0 Å². The molecule has 0 aliphatic carbocycles. The van der Waals surface area contributed by atoms with Crippen LogP contribution in [0.5, 0.6) is 0 Å². The molecule has 0 spiro atoms. The van der Waals surface area contributed by atoms with E-state index in [0.717, 1.165) is 12.1 Å². The number of nitriles is 6. The molecule has 11 heteroatoms. The summed E-state index contributed by atoms with van der Waals surface area (Å²) in [5.41, 5.74) is 2.55. The third-order valence-corrected chi connectivity index (χ3v) is 9.46. The first-order chi connectivity index (χ1) is 26.1. The van der Waals surface area contributed by atoms with Crippen LogP contribution in [0.15, 0.2) is 103 Å². The van der Waals surface area contributed by atoms with Crippen LogP contribution in [-0.2, 0) is 6.18 Å². The number of hydrogen-bond donors (Lipinski definition) is 0. The lowest BCUT2D eigenvalue weighted by atomic mass is 9.96. The molecule has 54 heavy (non-hydrogen) atoms. The minimum atomic E-state index is -4.79. The summed E-state index contributed by atoms with van der Waals surface area (Å²) in [7, 11) is 0. The summed E-state index contributed by atoms with van der Waals surface area (Å²) >= 11 is 0. The van der Waals surface area contributed by atoms with Gasteiger partial charge < -0.3 is 9.13 Å². The maximum atomic E-state index is 14.2. The van der Waals surface area contributed by atoms with Crippen molar-refractivity contribution in [3.05, 3.63) is 142 Å². The van der Waals surface area contributed by atoms with Gasteiger partial charge in [-0.05, 0) is 90.0 Å². The highest BCUT2D eigenvalue weighted by Gasteiger charge is 2.32. The average Bonchev–Trinajstić information content (AvgIpc) is 3.70. The molecule has 250 valence electrons. The summed E-state index contributed by atoms with van der Waals surface area (Å²) in [6.07, 6.45) is -4.79. The zero-order valence-corrected chi connectivity index (χ0v) is 27.5. The number of nitrogens with zero attached hydrogens (tertiary/aromatic N) is 8. The Morgan fingerprint density at radius 1 is 0.389 bits per heavy atom. The van der Waals surface area contributed by atoms with Crippen LogP contribution in [0.25, 0.3) is 66.1 Å².